The van der Waals surface area contributed by atoms with Gasteiger partial charge in [0.05, 0.1) is 22.4 Å². The zero-order valence-corrected chi connectivity index (χ0v) is 19.0. The van der Waals surface area contributed by atoms with Crippen LogP contribution in [0.25, 0.3) is 11.0 Å². The molecular formula is C23H24ClF2N5O2. The number of piperidine rings is 1. The summed E-state index contributed by atoms with van der Waals surface area (Å²) in [6.07, 6.45) is 3.94. The average Bonchev–Trinajstić information content (AvgIpc) is 3.17. The lowest BCUT2D eigenvalue weighted by molar-refractivity contribution is -0.138. The van der Waals surface area contributed by atoms with E-state index in [-0.39, 0.29) is 23.7 Å². The number of halogens is 3. The Morgan fingerprint density at radius 2 is 1.82 bits per heavy atom. The van der Waals surface area contributed by atoms with Crippen LogP contribution in [0.5, 0.6) is 0 Å². The highest BCUT2D eigenvalue weighted by atomic mass is 35.5. The number of hydrogen-bond donors (Lipinski definition) is 1. The highest BCUT2D eigenvalue weighted by Crippen LogP contribution is 2.29. The molecule has 1 unspecified atom stereocenters. The van der Waals surface area contributed by atoms with E-state index >= 15 is 0 Å². The van der Waals surface area contributed by atoms with Crippen molar-refractivity contribution >= 4 is 40.3 Å². The van der Waals surface area contributed by atoms with Crippen molar-refractivity contribution in [2.24, 2.45) is 11.8 Å². The van der Waals surface area contributed by atoms with Crippen molar-refractivity contribution in [2.75, 3.05) is 18.4 Å². The zero-order chi connectivity index (χ0) is 23.7. The molecule has 2 aromatic heterocycles. The summed E-state index contributed by atoms with van der Waals surface area (Å²) < 4.78 is 29.1. The molecule has 2 amide bonds. The van der Waals surface area contributed by atoms with Crippen LogP contribution in [0, 0.1) is 23.5 Å². The zero-order valence-electron chi connectivity index (χ0n) is 18.3. The highest BCUT2D eigenvalue weighted by Gasteiger charge is 2.34. The van der Waals surface area contributed by atoms with E-state index in [4.69, 9.17) is 11.6 Å². The lowest BCUT2D eigenvalue weighted by Gasteiger charge is -2.35. The number of imidazole rings is 1. The molecule has 0 bridgehead atoms. The first-order chi connectivity index (χ1) is 15.7. The summed E-state index contributed by atoms with van der Waals surface area (Å²) in [4.78, 5) is 36.0. The molecule has 4 rings (SSSR count). The maximum atomic E-state index is 13.9. The molecule has 10 heteroatoms. The third-order valence-corrected chi connectivity index (χ3v) is 6.18. The molecule has 1 atom stereocenters. The van der Waals surface area contributed by atoms with Crippen molar-refractivity contribution < 1.29 is 18.4 Å². The Kier molecular flexibility index (Phi) is 6.60. The molecule has 1 saturated heterocycles. The van der Waals surface area contributed by atoms with E-state index in [1.165, 1.54) is 12.5 Å². The maximum Gasteiger partial charge on any atom is 0.245 e. The number of anilines is 1. The second kappa shape index (κ2) is 9.43. The normalized spacial score (nSPS) is 15.8. The number of amides is 2. The van der Waals surface area contributed by atoms with Gasteiger partial charge in [-0.15, -0.1) is 0 Å². The average molecular weight is 476 g/mol. The van der Waals surface area contributed by atoms with Gasteiger partial charge in [-0.1, -0.05) is 25.4 Å². The second-order valence-corrected chi connectivity index (χ2v) is 8.98. The molecular weight excluding hydrogens is 452 g/mol. The molecule has 0 aliphatic carbocycles. The van der Waals surface area contributed by atoms with Gasteiger partial charge in [-0.25, -0.2) is 18.7 Å². The van der Waals surface area contributed by atoms with Crippen molar-refractivity contribution in [3.63, 3.8) is 0 Å². The summed E-state index contributed by atoms with van der Waals surface area (Å²) in [7, 11) is 0. The standard InChI is InChI=1S/C23H24ClF2N5O2/c1-13(2)21(31-12-28-18-9-16(25)17(26)10-19(18)31)23(33)30-7-5-14(6-8-30)22(32)29-20-4-3-15(24)11-27-20/h3-4,9-14,21H,5-8H2,1-2H3,(H,27,29,32). The number of aromatic nitrogens is 3. The van der Waals surface area contributed by atoms with Crippen LogP contribution in [-0.2, 0) is 9.59 Å². The number of hydrogen-bond acceptors (Lipinski definition) is 4. The SMILES string of the molecule is CC(C)C(C(=O)N1CCC(C(=O)Nc2ccc(Cl)cn2)CC1)n1cnc2cc(F)c(F)cc21. The Morgan fingerprint density at radius 3 is 2.45 bits per heavy atom. The summed E-state index contributed by atoms with van der Waals surface area (Å²) in [6, 6.07) is 4.77. The minimum Gasteiger partial charge on any atom is -0.341 e. The molecule has 7 nitrogen and oxygen atoms in total. The predicted molar refractivity (Wildman–Crippen MR) is 121 cm³/mol. The van der Waals surface area contributed by atoms with Crippen LogP contribution >= 0.6 is 11.6 Å². The molecule has 0 saturated carbocycles. The largest absolute Gasteiger partial charge is 0.341 e. The Labute approximate surface area is 194 Å². The van der Waals surface area contributed by atoms with Gasteiger partial charge in [0.2, 0.25) is 11.8 Å². The van der Waals surface area contributed by atoms with E-state index < -0.39 is 17.7 Å². The Bertz CT molecular complexity index is 1170. The first-order valence-electron chi connectivity index (χ1n) is 10.8. The van der Waals surface area contributed by atoms with Crippen molar-refractivity contribution in [1.82, 2.24) is 19.4 Å². The van der Waals surface area contributed by atoms with Gasteiger partial charge in [0, 0.05) is 37.3 Å². The summed E-state index contributed by atoms with van der Waals surface area (Å²) in [5.41, 5.74) is 0.657. The van der Waals surface area contributed by atoms with Crippen LogP contribution in [-0.4, -0.2) is 44.3 Å². The fourth-order valence-corrected chi connectivity index (χ4v) is 4.31. The molecule has 0 spiro atoms. The summed E-state index contributed by atoms with van der Waals surface area (Å²) in [6.45, 7) is 4.63. The van der Waals surface area contributed by atoms with Gasteiger partial charge in [-0.2, -0.15) is 0 Å². The predicted octanol–water partition coefficient (Wildman–Crippen LogP) is 4.44. The van der Waals surface area contributed by atoms with E-state index in [1.54, 1.807) is 21.6 Å². The van der Waals surface area contributed by atoms with Gasteiger partial charge in [0.15, 0.2) is 11.6 Å². The van der Waals surface area contributed by atoms with Crippen molar-refractivity contribution in [1.29, 1.82) is 0 Å². The molecule has 174 valence electrons. The van der Waals surface area contributed by atoms with E-state index in [0.29, 0.717) is 47.8 Å². The molecule has 1 N–H and O–H groups in total. The first kappa shape index (κ1) is 23.1. The van der Waals surface area contributed by atoms with Gasteiger partial charge in [-0.05, 0) is 30.9 Å². The molecule has 3 heterocycles. The van der Waals surface area contributed by atoms with E-state index in [9.17, 15) is 18.4 Å². The lowest BCUT2D eigenvalue weighted by atomic mass is 9.94. The fourth-order valence-electron chi connectivity index (χ4n) is 4.20. The van der Waals surface area contributed by atoms with Crippen LogP contribution in [0.3, 0.4) is 0 Å². The summed E-state index contributed by atoms with van der Waals surface area (Å²) in [5, 5.41) is 3.27. The van der Waals surface area contributed by atoms with Crippen LogP contribution < -0.4 is 5.32 Å². The van der Waals surface area contributed by atoms with E-state index in [0.717, 1.165) is 12.1 Å². The van der Waals surface area contributed by atoms with Gasteiger partial charge < -0.3 is 14.8 Å². The van der Waals surface area contributed by atoms with Gasteiger partial charge in [-0.3, -0.25) is 9.59 Å². The number of carbonyl (C=O) groups is 2. The first-order valence-corrected chi connectivity index (χ1v) is 11.1. The highest BCUT2D eigenvalue weighted by molar-refractivity contribution is 6.30. The maximum absolute atomic E-state index is 13.9. The minimum absolute atomic E-state index is 0.111. The molecule has 0 radical (unpaired) electrons. The number of carbonyl (C=O) groups excluding carboxylic acids is 2. The number of rotatable bonds is 5. The number of benzene rings is 1. The van der Waals surface area contributed by atoms with Crippen LogP contribution in [0.1, 0.15) is 32.7 Å². The molecule has 3 aromatic rings. The monoisotopic (exact) mass is 475 g/mol. The Morgan fingerprint density at radius 1 is 1.12 bits per heavy atom. The van der Waals surface area contributed by atoms with Crippen LogP contribution in [0.2, 0.25) is 5.02 Å². The van der Waals surface area contributed by atoms with Crippen LogP contribution in [0.4, 0.5) is 14.6 Å². The molecule has 33 heavy (non-hydrogen) atoms. The third-order valence-electron chi connectivity index (χ3n) is 5.96. The third kappa shape index (κ3) is 4.83. The summed E-state index contributed by atoms with van der Waals surface area (Å²) >= 11 is 5.82. The van der Waals surface area contributed by atoms with E-state index in [2.05, 4.69) is 15.3 Å². The number of likely N-dealkylation sites (tertiary alicyclic amines) is 1. The molecule has 1 aliphatic heterocycles. The smallest absolute Gasteiger partial charge is 0.245 e. The van der Waals surface area contributed by atoms with Gasteiger partial charge >= 0.3 is 0 Å². The summed E-state index contributed by atoms with van der Waals surface area (Å²) in [5.74, 6) is -2.16. The lowest BCUT2D eigenvalue weighted by Crippen LogP contribution is -2.45. The number of nitrogens with one attached hydrogen (secondary N) is 1. The Balaban J connectivity index is 1.45. The van der Waals surface area contributed by atoms with Crippen molar-refractivity contribution in [3.8, 4) is 0 Å². The van der Waals surface area contributed by atoms with E-state index in [1.807, 2.05) is 13.8 Å². The topological polar surface area (TPSA) is 80.1 Å². The van der Waals surface area contributed by atoms with Gasteiger partial charge in [0.25, 0.3) is 0 Å². The van der Waals surface area contributed by atoms with Crippen molar-refractivity contribution in [2.45, 2.75) is 32.7 Å². The van der Waals surface area contributed by atoms with Crippen molar-refractivity contribution in [3.05, 3.63) is 53.4 Å². The molecule has 1 aliphatic rings. The number of fused-ring (bicyclic) bond motifs is 1. The fraction of sp³-hybridized carbons (Fsp3) is 0.391. The second-order valence-electron chi connectivity index (χ2n) is 8.55. The quantitative estimate of drug-likeness (QED) is 0.591. The van der Waals surface area contributed by atoms with Crippen LogP contribution in [0.15, 0.2) is 36.8 Å². The minimum atomic E-state index is -0.985. The molecule has 1 aromatic carbocycles. The number of nitrogens with zero attached hydrogens (tertiary/aromatic N) is 4. The number of pyridine rings is 1. The van der Waals surface area contributed by atoms with Gasteiger partial charge in [0.1, 0.15) is 11.9 Å². The Hall–Kier alpha value is -3.07. The molecule has 1 fully saturated rings.